The second kappa shape index (κ2) is 7.15. The molecule has 23 heavy (non-hydrogen) atoms. The maximum absolute atomic E-state index is 11.7. The third-order valence-electron chi connectivity index (χ3n) is 4.55. The molecule has 0 aliphatic carbocycles. The van der Waals surface area contributed by atoms with Gasteiger partial charge in [0.2, 0.25) is 5.91 Å². The van der Waals surface area contributed by atoms with E-state index in [1.165, 1.54) is 16.5 Å². The molecule has 1 aromatic carbocycles. The summed E-state index contributed by atoms with van der Waals surface area (Å²) in [5, 5.41) is 1.25. The number of aromatic nitrogens is 1. The largest absolute Gasteiger partial charge is 0.384 e. The Bertz CT molecular complexity index is 667. The normalized spacial score (nSPS) is 19.9. The molecule has 2 heterocycles. The minimum absolute atomic E-state index is 0.154. The lowest BCUT2D eigenvalue weighted by atomic mass is 10.1. The van der Waals surface area contributed by atoms with Gasteiger partial charge >= 0.3 is 0 Å². The molecule has 1 aliphatic rings. The Morgan fingerprint density at radius 1 is 1.30 bits per heavy atom. The number of nitrogens with zero attached hydrogens (tertiary/aromatic N) is 2. The van der Waals surface area contributed by atoms with Crippen molar-refractivity contribution in [1.29, 1.82) is 0 Å². The van der Waals surface area contributed by atoms with Crippen molar-refractivity contribution in [3.8, 4) is 0 Å². The number of methoxy groups -OCH3 is 1. The summed E-state index contributed by atoms with van der Waals surface area (Å²) >= 11 is 0. The minimum Gasteiger partial charge on any atom is -0.384 e. The number of hydrogen-bond acceptors (Lipinski definition) is 3. The molecular formula is C18H25N3O2. The molecule has 1 amide bonds. The van der Waals surface area contributed by atoms with E-state index in [4.69, 9.17) is 4.74 Å². The van der Waals surface area contributed by atoms with Crippen LogP contribution in [0.5, 0.6) is 0 Å². The van der Waals surface area contributed by atoms with E-state index in [-0.39, 0.29) is 5.91 Å². The summed E-state index contributed by atoms with van der Waals surface area (Å²) in [5.41, 5.74) is 2.48. The Hall–Kier alpha value is -1.85. The molecule has 0 spiro atoms. The summed E-state index contributed by atoms with van der Waals surface area (Å²) in [4.78, 5) is 19.3. The fourth-order valence-corrected chi connectivity index (χ4v) is 3.41. The average molecular weight is 315 g/mol. The predicted octanol–water partition coefficient (Wildman–Crippen LogP) is 2.09. The zero-order chi connectivity index (χ0) is 16.2. The molecule has 1 aliphatic heterocycles. The lowest BCUT2D eigenvalue weighted by molar-refractivity contribution is -0.129. The van der Waals surface area contributed by atoms with E-state index >= 15 is 0 Å². The van der Waals surface area contributed by atoms with E-state index in [0.717, 1.165) is 32.7 Å². The van der Waals surface area contributed by atoms with Crippen LogP contribution < -0.4 is 0 Å². The zero-order valence-electron chi connectivity index (χ0n) is 13.9. The molecule has 5 nitrogen and oxygen atoms in total. The summed E-state index contributed by atoms with van der Waals surface area (Å²) in [6.07, 6.45) is 1.97. The fraction of sp³-hybridized carbons (Fsp3) is 0.500. The summed E-state index contributed by atoms with van der Waals surface area (Å²) in [7, 11) is 1.73. The number of carbonyl (C=O) groups excluding carboxylic acids is 1. The molecule has 2 aromatic rings. The number of benzene rings is 1. The standard InChI is InChI=1S/C18H25N3O2/c1-14(22)21-8-7-20(11-16(12-21)13-23-2)10-15-3-4-18-17(9-15)5-6-19-18/h3-6,9,16,19H,7-8,10-13H2,1-2H3. The second-order valence-corrected chi connectivity index (χ2v) is 6.42. The summed E-state index contributed by atoms with van der Waals surface area (Å²) < 4.78 is 5.34. The highest BCUT2D eigenvalue weighted by Gasteiger charge is 2.24. The van der Waals surface area contributed by atoms with Crippen molar-refractivity contribution in [2.45, 2.75) is 13.5 Å². The highest BCUT2D eigenvalue weighted by Crippen LogP contribution is 2.18. The van der Waals surface area contributed by atoms with E-state index in [9.17, 15) is 4.79 Å². The monoisotopic (exact) mass is 315 g/mol. The Morgan fingerprint density at radius 2 is 2.17 bits per heavy atom. The smallest absolute Gasteiger partial charge is 0.219 e. The van der Waals surface area contributed by atoms with Crippen LogP contribution in [0.1, 0.15) is 12.5 Å². The van der Waals surface area contributed by atoms with E-state index in [0.29, 0.717) is 12.5 Å². The number of fused-ring (bicyclic) bond motifs is 1. The van der Waals surface area contributed by atoms with Crippen molar-refractivity contribution >= 4 is 16.8 Å². The number of H-pyrrole nitrogens is 1. The van der Waals surface area contributed by atoms with Gasteiger partial charge in [0.15, 0.2) is 0 Å². The van der Waals surface area contributed by atoms with Gasteiger partial charge in [-0.05, 0) is 29.1 Å². The second-order valence-electron chi connectivity index (χ2n) is 6.42. The van der Waals surface area contributed by atoms with Gasteiger partial charge in [-0.1, -0.05) is 6.07 Å². The molecule has 0 saturated carbocycles. The van der Waals surface area contributed by atoms with Crippen molar-refractivity contribution in [3.05, 3.63) is 36.0 Å². The molecule has 0 radical (unpaired) electrons. The molecule has 0 bridgehead atoms. The third kappa shape index (κ3) is 3.92. The van der Waals surface area contributed by atoms with Gasteiger partial charge in [0.25, 0.3) is 0 Å². The maximum Gasteiger partial charge on any atom is 0.219 e. The molecule has 1 saturated heterocycles. The highest BCUT2D eigenvalue weighted by atomic mass is 16.5. The van der Waals surface area contributed by atoms with Crippen molar-refractivity contribution in [2.24, 2.45) is 5.92 Å². The fourth-order valence-electron chi connectivity index (χ4n) is 3.41. The summed E-state index contributed by atoms with van der Waals surface area (Å²) in [6.45, 7) is 6.70. The molecule has 1 aromatic heterocycles. The molecule has 5 heteroatoms. The van der Waals surface area contributed by atoms with Gasteiger partial charge in [-0.2, -0.15) is 0 Å². The van der Waals surface area contributed by atoms with Gasteiger partial charge in [0.05, 0.1) is 6.61 Å². The zero-order valence-corrected chi connectivity index (χ0v) is 13.9. The van der Waals surface area contributed by atoms with E-state index in [2.05, 4.69) is 34.1 Å². The number of nitrogens with one attached hydrogen (secondary N) is 1. The van der Waals surface area contributed by atoms with Crippen LogP contribution in [0.4, 0.5) is 0 Å². The number of rotatable bonds is 4. The first-order chi connectivity index (χ1) is 11.2. The van der Waals surface area contributed by atoms with E-state index < -0.39 is 0 Å². The molecule has 1 fully saturated rings. The van der Waals surface area contributed by atoms with Gasteiger partial charge in [0, 0.05) is 64.4 Å². The van der Waals surface area contributed by atoms with Gasteiger partial charge in [0.1, 0.15) is 0 Å². The van der Waals surface area contributed by atoms with E-state index in [1.54, 1.807) is 14.0 Å². The number of amides is 1. The van der Waals surface area contributed by atoms with Crippen LogP contribution in [0.3, 0.4) is 0 Å². The maximum atomic E-state index is 11.7. The van der Waals surface area contributed by atoms with Crippen LogP contribution in [-0.4, -0.2) is 60.6 Å². The van der Waals surface area contributed by atoms with Crippen molar-refractivity contribution in [2.75, 3.05) is 39.9 Å². The van der Waals surface area contributed by atoms with E-state index in [1.807, 2.05) is 11.1 Å². The number of ether oxygens (including phenoxy) is 1. The lowest BCUT2D eigenvalue weighted by Gasteiger charge is -2.23. The SMILES string of the molecule is COCC1CN(Cc2ccc3[nH]ccc3c2)CCN(C(C)=O)C1. The molecule has 1 N–H and O–H groups in total. The molecular weight excluding hydrogens is 290 g/mol. The average Bonchev–Trinajstić information content (AvgIpc) is 2.89. The Balaban J connectivity index is 1.71. The van der Waals surface area contributed by atoms with Crippen LogP contribution in [-0.2, 0) is 16.1 Å². The van der Waals surface area contributed by atoms with Crippen LogP contribution in [0.15, 0.2) is 30.5 Å². The lowest BCUT2D eigenvalue weighted by Crippen LogP contribution is -2.35. The van der Waals surface area contributed by atoms with Crippen LogP contribution in [0, 0.1) is 5.92 Å². The summed E-state index contributed by atoms with van der Waals surface area (Å²) in [5.74, 6) is 0.518. The van der Waals surface area contributed by atoms with Crippen molar-refractivity contribution < 1.29 is 9.53 Å². The first-order valence-corrected chi connectivity index (χ1v) is 8.18. The molecule has 1 unspecified atom stereocenters. The minimum atomic E-state index is 0.154. The topological polar surface area (TPSA) is 48.6 Å². The van der Waals surface area contributed by atoms with Crippen LogP contribution in [0.25, 0.3) is 10.9 Å². The molecule has 124 valence electrons. The highest BCUT2D eigenvalue weighted by molar-refractivity contribution is 5.79. The van der Waals surface area contributed by atoms with Crippen molar-refractivity contribution in [1.82, 2.24) is 14.8 Å². The van der Waals surface area contributed by atoms with Gasteiger partial charge in [-0.3, -0.25) is 9.69 Å². The predicted molar refractivity (Wildman–Crippen MR) is 91.2 cm³/mol. The van der Waals surface area contributed by atoms with Crippen molar-refractivity contribution in [3.63, 3.8) is 0 Å². The Labute approximate surface area is 137 Å². The Kier molecular flexibility index (Phi) is 4.98. The van der Waals surface area contributed by atoms with Gasteiger partial charge < -0.3 is 14.6 Å². The van der Waals surface area contributed by atoms with Gasteiger partial charge in [-0.25, -0.2) is 0 Å². The quantitative estimate of drug-likeness (QED) is 0.940. The number of hydrogen-bond donors (Lipinski definition) is 1. The van der Waals surface area contributed by atoms with Crippen LogP contribution >= 0.6 is 0 Å². The number of aromatic amines is 1. The molecule has 1 atom stereocenters. The van der Waals surface area contributed by atoms with Gasteiger partial charge in [-0.15, -0.1) is 0 Å². The summed E-state index contributed by atoms with van der Waals surface area (Å²) in [6, 6.07) is 8.66. The van der Waals surface area contributed by atoms with Crippen LogP contribution in [0.2, 0.25) is 0 Å². The number of carbonyl (C=O) groups is 1. The molecule has 3 rings (SSSR count). The Morgan fingerprint density at radius 3 is 2.96 bits per heavy atom. The first-order valence-electron chi connectivity index (χ1n) is 8.18. The first kappa shape index (κ1) is 16.0. The third-order valence-corrected chi connectivity index (χ3v) is 4.55.